The van der Waals surface area contributed by atoms with E-state index in [9.17, 15) is 8.42 Å². The van der Waals surface area contributed by atoms with E-state index in [0.29, 0.717) is 18.0 Å². The first-order valence-electron chi connectivity index (χ1n) is 8.16. The molecule has 2 unspecified atom stereocenters. The summed E-state index contributed by atoms with van der Waals surface area (Å²) < 4.78 is 33.6. The fourth-order valence-electron chi connectivity index (χ4n) is 2.98. The topological polar surface area (TPSA) is 46.6 Å². The highest BCUT2D eigenvalue weighted by Crippen LogP contribution is 2.29. The van der Waals surface area contributed by atoms with E-state index in [-0.39, 0.29) is 12.2 Å². The highest BCUT2D eigenvalue weighted by atomic mass is 32.2. The number of aryl methyl sites for hydroxylation is 2. The van der Waals surface area contributed by atoms with Gasteiger partial charge in [0.2, 0.25) is 10.0 Å². The average Bonchev–Trinajstić information content (AvgIpc) is 2.57. The fraction of sp³-hybridized carbons (Fsp3) is 0.368. The summed E-state index contributed by atoms with van der Waals surface area (Å²) in [6.45, 7) is 6.54. The van der Waals surface area contributed by atoms with Gasteiger partial charge in [0.15, 0.2) is 0 Å². The van der Waals surface area contributed by atoms with Gasteiger partial charge in [0, 0.05) is 13.1 Å². The molecular formula is C19H23NO3S. The van der Waals surface area contributed by atoms with Crippen molar-refractivity contribution < 1.29 is 13.2 Å². The Morgan fingerprint density at radius 2 is 1.71 bits per heavy atom. The van der Waals surface area contributed by atoms with Crippen LogP contribution in [0.4, 0.5) is 0 Å². The van der Waals surface area contributed by atoms with Crippen molar-refractivity contribution in [2.75, 3.05) is 13.1 Å². The SMILES string of the molecule is Cc1ccc(S(=O)(=O)N2CC(C)OC(c3ccccc3)C2)cc1C. The van der Waals surface area contributed by atoms with Crippen molar-refractivity contribution in [3.63, 3.8) is 0 Å². The van der Waals surface area contributed by atoms with Gasteiger partial charge in [-0.3, -0.25) is 0 Å². The molecule has 1 aliphatic heterocycles. The van der Waals surface area contributed by atoms with E-state index >= 15 is 0 Å². The minimum absolute atomic E-state index is 0.148. The molecule has 0 saturated carbocycles. The molecule has 2 atom stereocenters. The molecule has 1 heterocycles. The summed E-state index contributed by atoms with van der Waals surface area (Å²) in [7, 11) is -3.52. The Kier molecular flexibility index (Phi) is 4.76. The predicted octanol–water partition coefficient (Wildman–Crippen LogP) is 3.45. The lowest BCUT2D eigenvalue weighted by Gasteiger charge is -2.36. The highest BCUT2D eigenvalue weighted by Gasteiger charge is 2.34. The summed E-state index contributed by atoms with van der Waals surface area (Å²) in [5, 5.41) is 0. The lowest BCUT2D eigenvalue weighted by atomic mass is 10.1. The second kappa shape index (κ2) is 6.67. The van der Waals surface area contributed by atoms with Crippen LogP contribution >= 0.6 is 0 Å². The lowest BCUT2D eigenvalue weighted by Crippen LogP contribution is -2.45. The van der Waals surface area contributed by atoms with E-state index in [4.69, 9.17) is 4.74 Å². The normalized spacial score (nSPS) is 22.5. The molecular weight excluding hydrogens is 322 g/mol. The Morgan fingerprint density at radius 3 is 2.38 bits per heavy atom. The zero-order valence-electron chi connectivity index (χ0n) is 14.3. The molecule has 2 aromatic carbocycles. The second-order valence-corrected chi connectivity index (χ2v) is 8.35. The summed E-state index contributed by atoms with van der Waals surface area (Å²) in [6.07, 6.45) is -0.387. The van der Waals surface area contributed by atoms with Crippen molar-refractivity contribution in [1.82, 2.24) is 4.31 Å². The number of hydrogen-bond acceptors (Lipinski definition) is 3. The third kappa shape index (κ3) is 3.38. The second-order valence-electron chi connectivity index (χ2n) is 6.41. The zero-order valence-corrected chi connectivity index (χ0v) is 15.1. The van der Waals surface area contributed by atoms with Gasteiger partial charge in [-0.1, -0.05) is 36.4 Å². The lowest BCUT2D eigenvalue weighted by molar-refractivity contribution is -0.0557. The number of rotatable bonds is 3. The molecule has 128 valence electrons. The Labute approximate surface area is 144 Å². The van der Waals surface area contributed by atoms with Crippen LogP contribution < -0.4 is 0 Å². The largest absolute Gasteiger partial charge is 0.368 e. The van der Waals surface area contributed by atoms with Crippen LogP contribution in [0.25, 0.3) is 0 Å². The summed E-state index contributed by atoms with van der Waals surface area (Å²) >= 11 is 0. The molecule has 0 bridgehead atoms. The maximum absolute atomic E-state index is 13.0. The summed E-state index contributed by atoms with van der Waals surface area (Å²) in [4.78, 5) is 0.353. The molecule has 5 heteroatoms. The van der Waals surface area contributed by atoms with Crippen molar-refractivity contribution >= 4 is 10.0 Å². The third-order valence-electron chi connectivity index (χ3n) is 4.51. The highest BCUT2D eigenvalue weighted by molar-refractivity contribution is 7.89. The quantitative estimate of drug-likeness (QED) is 0.856. The van der Waals surface area contributed by atoms with Crippen LogP contribution in [-0.4, -0.2) is 31.9 Å². The van der Waals surface area contributed by atoms with Crippen molar-refractivity contribution in [3.05, 3.63) is 65.2 Å². The molecule has 0 amide bonds. The standard InChI is InChI=1S/C19H23NO3S/c1-14-9-10-18(11-15(14)2)24(21,22)20-12-16(3)23-19(13-20)17-7-5-4-6-8-17/h4-11,16,19H,12-13H2,1-3H3. The number of benzene rings is 2. The van der Waals surface area contributed by atoms with Crippen LogP contribution in [0, 0.1) is 13.8 Å². The van der Waals surface area contributed by atoms with E-state index in [1.807, 2.05) is 57.2 Å². The van der Waals surface area contributed by atoms with Gasteiger partial charge in [0.25, 0.3) is 0 Å². The van der Waals surface area contributed by atoms with Gasteiger partial charge in [-0.25, -0.2) is 8.42 Å². The number of morpholine rings is 1. The van der Waals surface area contributed by atoms with Gasteiger partial charge in [-0.05, 0) is 49.6 Å². The van der Waals surface area contributed by atoms with Crippen molar-refractivity contribution in [2.24, 2.45) is 0 Å². The first-order chi connectivity index (χ1) is 11.4. The predicted molar refractivity (Wildman–Crippen MR) is 94.4 cm³/mol. The first-order valence-corrected chi connectivity index (χ1v) is 9.60. The number of hydrogen-bond donors (Lipinski definition) is 0. The Bertz CT molecular complexity index is 818. The molecule has 0 N–H and O–H groups in total. The Balaban J connectivity index is 1.90. The minimum atomic E-state index is -3.52. The van der Waals surface area contributed by atoms with Crippen LogP contribution in [0.2, 0.25) is 0 Å². The molecule has 0 aromatic heterocycles. The molecule has 0 spiro atoms. The van der Waals surface area contributed by atoms with Crippen LogP contribution in [0.3, 0.4) is 0 Å². The zero-order chi connectivity index (χ0) is 17.3. The van der Waals surface area contributed by atoms with Gasteiger partial charge in [0.1, 0.15) is 0 Å². The molecule has 24 heavy (non-hydrogen) atoms. The van der Waals surface area contributed by atoms with E-state index < -0.39 is 10.0 Å². The van der Waals surface area contributed by atoms with Gasteiger partial charge in [0.05, 0.1) is 17.1 Å². The van der Waals surface area contributed by atoms with E-state index in [1.165, 1.54) is 0 Å². The van der Waals surface area contributed by atoms with E-state index in [2.05, 4.69) is 0 Å². The molecule has 3 rings (SSSR count). The average molecular weight is 345 g/mol. The van der Waals surface area contributed by atoms with Crippen molar-refractivity contribution in [3.8, 4) is 0 Å². The monoisotopic (exact) mass is 345 g/mol. The van der Waals surface area contributed by atoms with Crippen molar-refractivity contribution in [1.29, 1.82) is 0 Å². The Hall–Kier alpha value is -1.69. The van der Waals surface area contributed by atoms with Gasteiger partial charge >= 0.3 is 0 Å². The maximum Gasteiger partial charge on any atom is 0.243 e. The summed E-state index contributed by atoms with van der Waals surface area (Å²) in [5.41, 5.74) is 3.08. The molecule has 0 aliphatic carbocycles. The van der Waals surface area contributed by atoms with Gasteiger partial charge < -0.3 is 4.74 Å². The molecule has 4 nitrogen and oxygen atoms in total. The van der Waals surface area contributed by atoms with Gasteiger partial charge in [-0.2, -0.15) is 4.31 Å². The molecule has 1 saturated heterocycles. The van der Waals surface area contributed by atoms with E-state index in [1.54, 1.807) is 16.4 Å². The smallest absolute Gasteiger partial charge is 0.243 e. The molecule has 1 aliphatic rings. The molecule has 0 radical (unpaired) electrons. The van der Waals surface area contributed by atoms with Crippen LogP contribution in [0.5, 0.6) is 0 Å². The number of sulfonamides is 1. The summed E-state index contributed by atoms with van der Waals surface area (Å²) in [6, 6.07) is 15.1. The minimum Gasteiger partial charge on any atom is -0.368 e. The number of ether oxygens (including phenoxy) is 1. The summed E-state index contributed by atoms with van der Waals surface area (Å²) in [5.74, 6) is 0. The fourth-order valence-corrected chi connectivity index (χ4v) is 4.59. The van der Waals surface area contributed by atoms with E-state index in [0.717, 1.165) is 16.7 Å². The van der Waals surface area contributed by atoms with Crippen LogP contribution in [0.1, 0.15) is 29.7 Å². The Morgan fingerprint density at radius 1 is 1.00 bits per heavy atom. The molecule has 1 fully saturated rings. The molecule has 2 aromatic rings. The van der Waals surface area contributed by atoms with Crippen LogP contribution in [-0.2, 0) is 14.8 Å². The maximum atomic E-state index is 13.0. The number of nitrogens with zero attached hydrogens (tertiary/aromatic N) is 1. The third-order valence-corrected chi connectivity index (χ3v) is 6.34. The van der Waals surface area contributed by atoms with Crippen LogP contribution in [0.15, 0.2) is 53.4 Å². The first kappa shape index (κ1) is 17.1. The van der Waals surface area contributed by atoms with Gasteiger partial charge in [-0.15, -0.1) is 0 Å². The van der Waals surface area contributed by atoms with Crippen molar-refractivity contribution in [2.45, 2.75) is 37.9 Å².